The topological polar surface area (TPSA) is 149 Å². The number of aliphatic hydroxyl groups is 1. The SMILES string of the molecule is CNC(=O)[C@@H](NC(=O)C(O)(CCCN(Cc1ccc(Br)cc1)NC(=O)[C@@H](NC(=O)OC)C(C)(C)C)Cc1ccccc1)C(C)C. The molecule has 5 N–H and O–H groups in total. The second kappa shape index (κ2) is 17.3. The molecule has 0 bridgehead atoms. The molecule has 12 heteroatoms. The molecule has 11 nitrogen and oxygen atoms in total. The zero-order chi connectivity index (χ0) is 33.8. The largest absolute Gasteiger partial charge is 0.453 e. The van der Waals surface area contributed by atoms with Gasteiger partial charge >= 0.3 is 6.09 Å². The third kappa shape index (κ3) is 12.1. The van der Waals surface area contributed by atoms with Crippen molar-refractivity contribution in [3.8, 4) is 0 Å². The zero-order valence-corrected chi connectivity index (χ0v) is 28.9. The molecule has 0 saturated heterocycles. The molecule has 1 unspecified atom stereocenters. The minimum atomic E-state index is -1.84. The van der Waals surface area contributed by atoms with E-state index in [-0.39, 0.29) is 31.2 Å². The molecule has 0 aliphatic heterocycles. The van der Waals surface area contributed by atoms with Crippen molar-refractivity contribution in [2.75, 3.05) is 20.7 Å². The number of rotatable bonds is 15. The van der Waals surface area contributed by atoms with Gasteiger partial charge in [0.15, 0.2) is 0 Å². The van der Waals surface area contributed by atoms with Gasteiger partial charge in [0.25, 0.3) is 11.8 Å². The number of alkyl carbamates (subject to hydrolysis) is 1. The Morgan fingerprint density at radius 1 is 0.933 bits per heavy atom. The smallest absolute Gasteiger partial charge is 0.407 e. The Kier molecular flexibility index (Phi) is 14.5. The van der Waals surface area contributed by atoms with Crippen LogP contribution in [0, 0.1) is 11.3 Å². The predicted molar refractivity (Wildman–Crippen MR) is 177 cm³/mol. The molecule has 0 aliphatic rings. The minimum Gasteiger partial charge on any atom is -0.453 e. The fourth-order valence-electron chi connectivity index (χ4n) is 4.80. The molecule has 0 spiro atoms. The van der Waals surface area contributed by atoms with Gasteiger partial charge in [-0.1, -0.05) is 93.0 Å². The average Bonchev–Trinajstić information content (AvgIpc) is 2.98. The maximum Gasteiger partial charge on any atom is 0.407 e. The Bertz CT molecular complexity index is 1270. The summed E-state index contributed by atoms with van der Waals surface area (Å²) in [6, 6.07) is 15.1. The summed E-state index contributed by atoms with van der Waals surface area (Å²) < 4.78 is 5.64. The van der Waals surface area contributed by atoms with Crippen molar-refractivity contribution in [3.63, 3.8) is 0 Å². The first-order valence-corrected chi connectivity index (χ1v) is 15.8. The number of halogens is 1. The van der Waals surface area contributed by atoms with E-state index in [1.807, 2.05) is 89.2 Å². The van der Waals surface area contributed by atoms with Crippen LogP contribution in [0.2, 0.25) is 0 Å². The van der Waals surface area contributed by atoms with E-state index in [0.717, 1.165) is 15.6 Å². The van der Waals surface area contributed by atoms with Crippen LogP contribution in [-0.4, -0.2) is 72.3 Å². The molecule has 4 amide bonds. The highest BCUT2D eigenvalue weighted by Gasteiger charge is 2.39. The second-order valence-electron chi connectivity index (χ2n) is 12.6. The van der Waals surface area contributed by atoms with Gasteiger partial charge in [-0.15, -0.1) is 0 Å². The summed E-state index contributed by atoms with van der Waals surface area (Å²) in [7, 11) is 2.73. The first kappa shape index (κ1) is 37.7. The van der Waals surface area contributed by atoms with Crippen LogP contribution in [0.5, 0.6) is 0 Å². The van der Waals surface area contributed by atoms with Gasteiger partial charge in [0.05, 0.1) is 7.11 Å². The number of hydrogen-bond acceptors (Lipinski definition) is 7. The molecule has 0 aromatic heterocycles. The van der Waals surface area contributed by atoms with Gasteiger partial charge in [-0.05, 0) is 47.4 Å². The van der Waals surface area contributed by atoms with Crippen molar-refractivity contribution in [1.82, 2.24) is 26.4 Å². The van der Waals surface area contributed by atoms with Crippen LogP contribution in [0.15, 0.2) is 59.1 Å². The molecule has 45 heavy (non-hydrogen) atoms. The Morgan fingerprint density at radius 3 is 2.09 bits per heavy atom. The van der Waals surface area contributed by atoms with E-state index in [4.69, 9.17) is 4.74 Å². The molecule has 0 fully saturated rings. The number of ether oxygens (including phenoxy) is 1. The molecular weight excluding hydrogens is 642 g/mol. The third-order valence-corrected chi connectivity index (χ3v) is 7.92. The number of carbonyl (C=O) groups is 4. The fourth-order valence-corrected chi connectivity index (χ4v) is 5.07. The molecule has 2 aromatic rings. The molecule has 3 atom stereocenters. The Hall–Kier alpha value is -3.48. The summed E-state index contributed by atoms with van der Waals surface area (Å²) in [5.74, 6) is -1.64. The molecule has 0 heterocycles. The van der Waals surface area contributed by atoms with Crippen molar-refractivity contribution in [2.24, 2.45) is 11.3 Å². The summed E-state index contributed by atoms with van der Waals surface area (Å²) in [5.41, 5.74) is 2.13. The van der Waals surface area contributed by atoms with Crippen molar-refractivity contribution in [3.05, 3.63) is 70.2 Å². The van der Waals surface area contributed by atoms with Crippen LogP contribution >= 0.6 is 15.9 Å². The maximum atomic E-state index is 13.6. The highest BCUT2D eigenvalue weighted by molar-refractivity contribution is 9.10. The highest BCUT2D eigenvalue weighted by Crippen LogP contribution is 2.23. The van der Waals surface area contributed by atoms with Crippen LogP contribution < -0.4 is 21.4 Å². The van der Waals surface area contributed by atoms with E-state index in [2.05, 4.69) is 37.3 Å². The Balaban J connectivity index is 2.32. The lowest BCUT2D eigenvalue weighted by Crippen LogP contribution is -2.58. The summed E-state index contributed by atoms with van der Waals surface area (Å²) in [4.78, 5) is 51.7. The molecule has 2 rings (SSSR count). The first-order valence-electron chi connectivity index (χ1n) is 15.0. The lowest BCUT2D eigenvalue weighted by Gasteiger charge is -2.33. The molecule has 0 saturated carbocycles. The van der Waals surface area contributed by atoms with Crippen LogP contribution in [0.1, 0.15) is 58.6 Å². The van der Waals surface area contributed by atoms with Crippen molar-refractivity contribution < 1.29 is 29.0 Å². The van der Waals surface area contributed by atoms with Gasteiger partial charge < -0.3 is 25.8 Å². The standard InChI is InChI=1S/C33H48BrN5O6/c1-22(2)26(28(40)35-6)36-30(42)33(44,20-23-12-9-8-10-13-23)18-11-19-39(21-24-14-16-25(34)17-15-24)38-29(41)27(32(3,4)5)37-31(43)45-7/h8-10,12-17,22,26-27,44H,11,18-21H2,1-7H3,(H,35,40)(H,36,42)(H,37,43)(H,38,41)/t26-,27+,33?/m0/s1. The first-order chi connectivity index (χ1) is 21.1. The molecule has 248 valence electrons. The van der Waals surface area contributed by atoms with Crippen LogP contribution in [0.25, 0.3) is 0 Å². The van der Waals surface area contributed by atoms with Crippen molar-refractivity contribution in [2.45, 2.75) is 78.1 Å². The lowest BCUT2D eigenvalue weighted by molar-refractivity contribution is -0.144. The van der Waals surface area contributed by atoms with Crippen LogP contribution in [-0.2, 0) is 32.1 Å². The number of hydrazine groups is 1. The normalized spacial score (nSPS) is 14.2. The average molecular weight is 691 g/mol. The number of methoxy groups -OCH3 is 1. The van der Waals surface area contributed by atoms with E-state index >= 15 is 0 Å². The summed E-state index contributed by atoms with van der Waals surface area (Å²) in [6.07, 6.45) is -0.336. The van der Waals surface area contributed by atoms with Crippen molar-refractivity contribution in [1.29, 1.82) is 0 Å². The zero-order valence-electron chi connectivity index (χ0n) is 27.3. The number of hydrogen-bond donors (Lipinski definition) is 5. The van der Waals surface area contributed by atoms with Gasteiger partial charge in [-0.2, -0.15) is 0 Å². The van der Waals surface area contributed by atoms with Crippen LogP contribution in [0.4, 0.5) is 4.79 Å². The van der Waals surface area contributed by atoms with Crippen molar-refractivity contribution >= 4 is 39.7 Å². The maximum absolute atomic E-state index is 13.6. The number of amides is 4. The molecule has 2 aromatic carbocycles. The fraction of sp³-hybridized carbons (Fsp3) is 0.515. The van der Waals surface area contributed by atoms with E-state index in [9.17, 15) is 24.3 Å². The summed E-state index contributed by atoms with van der Waals surface area (Å²) in [6.45, 7) is 9.72. The number of carbonyl (C=O) groups excluding carboxylic acids is 4. The van der Waals surface area contributed by atoms with Gasteiger partial charge in [0, 0.05) is 31.0 Å². The number of likely N-dealkylation sites (N-methyl/N-ethyl adjacent to an activating group) is 1. The number of nitrogens with one attached hydrogen (secondary N) is 4. The van der Waals surface area contributed by atoms with E-state index < -0.39 is 41.0 Å². The summed E-state index contributed by atoms with van der Waals surface area (Å²) >= 11 is 3.44. The number of nitrogens with zero attached hydrogens (tertiary/aromatic N) is 1. The van der Waals surface area contributed by atoms with E-state index in [0.29, 0.717) is 13.0 Å². The number of benzene rings is 2. The molecular formula is C33H48BrN5O6. The van der Waals surface area contributed by atoms with E-state index in [1.54, 1.807) is 5.01 Å². The Morgan fingerprint density at radius 2 is 1.56 bits per heavy atom. The monoisotopic (exact) mass is 689 g/mol. The second-order valence-corrected chi connectivity index (χ2v) is 13.5. The van der Waals surface area contributed by atoms with Crippen LogP contribution in [0.3, 0.4) is 0 Å². The lowest BCUT2D eigenvalue weighted by atomic mass is 9.86. The quantitative estimate of drug-likeness (QED) is 0.179. The predicted octanol–water partition coefficient (Wildman–Crippen LogP) is 3.69. The van der Waals surface area contributed by atoms with Gasteiger partial charge in [0.1, 0.15) is 17.7 Å². The van der Waals surface area contributed by atoms with E-state index in [1.165, 1.54) is 14.2 Å². The Labute approximate surface area is 275 Å². The van der Waals surface area contributed by atoms with Gasteiger partial charge in [-0.3, -0.25) is 19.8 Å². The third-order valence-electron chi connectivity index (χ3n) is 7.39. The summed E-state index contributed by atoms with van der Waals surface area (Å²) in [5, 5.41) is 21.5. The molecule has 0 aliphatic carbocycles. The molecule has 0 radical (unpaired) electrons. The highest BCUT2D eigenvalue weighted by atomic mass is 79.9. The van der Waals surface area contributed by atoms with Gasteiger partial charge in [-0.25, -0.2) is 9.80 Å². The minimum absolute atomic E-state index is 0.0342. The van der Waals surface area contributed by atoms with Gasteiger partial charge in [0.2, 0.25) is 5.91 Å².